The van der Waals surface area contributed by atoms with Gasteiger partial charge in [-0.2, -0.15) is 0 Å². The molecule has 0 aliphatic heterocycles. The molecule has 0 radical (unpaired) electrons. The van der Waals surface area contributed by atoms with Crippen molar-refractivity contribution in [2.24, 2.45) is 0 Å². The molecule has 1 atom stereocenters. The molecular formula is C10H12ClNO. The lowest BCUT2D eigenvalue weighted by Crippen LogP contribution is -2.10. The van der Waals surface area contributed by atoms with E-state index in [0.717, 1.165) is 5.56 Å². The predicted octanol–water partition coefficient (Wildman–Crippen LogP) is 2.39. The highest BCUT2D eigenvalue weighted by atomic mass is 35.5. The molecule has 13 heavy (non-hydrogen) atoms. The van der Waals surface area contributed by atoms with E-state index in [1.165, 1.54) is 0 Å². The minimum Gasteiger partial charge on any atom is -0.399 e. The first-order chi connectivity index (χ1) is 6.02. The third kappa shape index (κ3) is 2.22. The lowest BCUT2D eigenvalue weighted by Gasteiger charge is -2.05. The van der Waals surface area contributed by atoms with E-state index in [1.54, 1.807) is 25.1 Å². The number of anilines is 1. The van der Waals surface area contributed by atoms with Crippen LogP contribution in [-0.4, -0.2) is 11.2 Å². The number of carbonyl (C=O) groups excluding carboxylic acids is 1. The lowest BCUT2D eigenvalue weighted by molar-refractivity contribution is 0.0991. The molecule has 0 spiro atoms. The fraction of sp³-hybridized carbons (Fsp3) is 0.300. The first-order valence-electron chi connectivity index (χ1n) is 4.07. The van der Waals surface area contributed by atoms with Gasteiger partial charge in [-0.05, 0) is 37.6 Å². The summed E-state index contributed by atoms with van der Waals surface area (Å²) >= 11 is 5.67. The van der Waals surface area contributed by atoms with Gasteiger partial charge in [-0.15, -0.1) is 11.6 Å². The average Bonchev–Trinajstić information content (AvgIpc) is 2.08. The van der Waals surface area contributed by atoms with Crippen molar-refractivity contribution in [3.63, 3.8) is 0 Å². The molecule has 0 saturated carbocycles. The molecule has 70 valence electrons. The molecule has 0 amide bonds. The highest BCUT2D eigenvalue weighted by Gasteiger charge is 2.12. The van der Waals surface area contributed by atoms with E-state index in [1.807, 2.05) is 6.92 Å². The van der Waals surface area contributed by atoms with Gasteiger partial charge in [-0.1, -0.05) is 0 Å². The molecule has 0 bridgehead atoms. The highest BCUT2D eigenvalue weighted by Crippen LogP contribution is 2.15. The number of rotatable bonds is 2. The second-order valence-corrected chi connectivity index (χ2v) is 3.71. The smallest absolute Gasteiger partial charge is 0.180 e. The fourth-order valence-corrected chi connectivity index (χ4v) is 1.18. The van der Waals surface area contributed by atoms with Gasteiger partial charge in [0.05, 0.1) is 5.38 Å². The van der Waals surface area contributed by atoms with Crippen molar-refractivity contribution >= 4 is 23.1 Å². The fourth-order valence-electron chi connectivity index (χ4n) is 1.06. The van der Waals surface area contributed by atoms with Crippen LogP contribution < -0.4 is 5.73 Å². The molecule has 2 N–H and O–H groups in total. The minimum absolute atomic E-state index is 0.0650. The summed E-state index contributed by atoms with van der Waals surface area (Å²) in [6, 6.07) is 5.18. The molecule has 1 unspecified atom stereocenters. The number of alkyl halides is 1. The number of hydrogen-bond donors (Lipinski definition) is 1. The Labute approximate surface area is 82.7 Å². The summed E-state index contributed by atoms with van der Waals surface area (Å²) < 4.78 is 0. The van der Waals surface area contributed by atoms with Gasteiger partial charge in [-0.3, -0.25) is 4.79 Å². The number of nitrogen functional groups attached to an aromatic ring is 1. The summed E-state index contributed by atoms with van der Waals surface area (Å²) in [5.41, 5.74) is 7.84. The van der Waals surface area contributed by atoms with Crippen molar-refractivity contribution < 1.29 is 4.79 Å². The zero-order valence-electron chi connectivity index (χ0n) is 7.67. The molecule has 0 aromatic heterocycles. The van der Waals surface area contributed by atoms with E-state index in [9.17, 15) is 4.79 Å². The van der Waals surface area contributed by atoms with E-state index < -0.39 is 5.38 Å². The van der Waals surface area contributed by atoms with Crippen LogP contribution in [0.2, 0.25) is 0 Å². The standard InChI is InChI=1S/C10H12ClNO/c1-6-5-8(3-4-9(6)12)10(13)7(2)11/h3-5,7H,12H2,1-2H3. The maximum absolute atomic E-state index is 11.4. The van der Waals surface area contributed by atoms with Gasteiger partial charge in [0.1, 0.15) is 0 Å². The molecule has 2 nitrogen and oxygen atoms in total. The zero-order chi connectivity index (χ0) is 10.0. The first-order valence-corrected chi connectivity index (χ1v) is 4.50. The molecule has 0 aliphatic rings. The van der Waals surface area contributed by atoms with Gasteiger partial charge in [0.15, 0.2) is 5.78 Å². The van der Waals surface area contributed by atoms with Crippen LogP contribution in [0.25, 0.3) is 0 Å². The maximum Gasteiger partial charge on any atom is 0.180 e. The second-order valence-electron chi connectivity index (χ2n) is 3.05. The first kappa shape index (κ1) is 10.1. The summed E-state index contributed by atoms with van der Waals surface area (Å²) in [4.78, 5) is 11.4. The Kier molecular flexibility index (Phi) is 2.94. The highest BCUT2D eigenvalue weighted by molar-refractivity contribution is 6.33. The topological polar surface area (TPSA) is 43.1 Å². The molecule has 1 aromatic rings. The maximum atomic E-state index is 11.4. The Balaban J connectivity index is 3.04. The quantitative estimate of drug-likeness (QED) is 0.450. The normalized spacial score (nSPS) is 12.5. The molecule has 0 fully saturated rings. The number of hydrogen-bond acceptors (Lipinski definition) is 2. The average molecular weight is 198 g/mol. The van der Waals surface area contributed by atoms with Crippen LogP contribution in [0.4, 0.5) is 5.69 Å². The Morgan fingerprint density at radius 3 is 2.62 bits per heavy atom. The van der Waals surface area contributed by atoms with Crippen molar-refractivity contribution in [3.05, 3.63) is 29.3 Å². The van der Waals surface area contributed by atoms with Crippen LogP contribution in [0, 0.1) is 6.92 Å². The number of ketones is 1. The van der Waals surface area contributed by atoms with E-state index in [2.05, 4.69) is 0 Å². The molecule has 1 aromatic carbocycles. The van der Waals surface area contributed by atoms with Crippen LogP contribution >= 0.6 is 11.6 Å². The summed E-state index contributed by atoms with van der Waals surface area (Å²) in [6.45, 7) is 3.53. The summed E-state index contributed by atoms with van der Waals surface area (Å²) in [5.74, 6) is -0.0650. The summed E-state index contributed by atoms with van der Waals surface area (Å²) in [7, 11) is 0. The van der Waals surface area contributed by atoms with Gasteiger partial charge in [0, 0.05) is 11.3 Å². The van der Waals surface area contributed by atoms with Crippen LogP contribution in [-0.2, 0) is 0 Å². The summed E-state index contributed by atoms with van der Waals surface area (Å²) in [5, 5.41) is -0.483. The van der Waals surface area contributed by atoms with Crippen LogP contribution in [0.3, 0.4) is 0 Å². The largest absolute Gasteiger partial charge is 0.399 e. The number of nitrogens with two attached hydrogens (primary N) is 1. The lowest BCUT2D eigenvalue weighted by atomic mass is 10.1. The molecule has 1 rings (SSSR count). The van der Waals surface area contributed by atoms with Crippen LogP contribution in [0.15, 0.2) is 18.2 Å². The zero-order valence-corrected chi connectivity index (χ0v) is 8.43. The van der Waals surface area contributed by atoms with Crippen molar-refractivity contribution in [2.75, 3.05) is 5.73 Å². The molecule has 3 heteroatoms. The number of Topliss-reactive ketones (excluding diaryl/α,β-unsaturated/α-hetero) is 1. The molecule has 0 heterocycles. The SMILES string of the molecule is Cc1cc(C(=O)C(C)Cl)ccc1N. The Hall–Kier alpha value is -1.02. The number of halogens is 1. The van der Waals surface area contributed by atoms with Crippen molar-refractivity contribution in [1.29, 1.82) is 0 Å². The van der Waals surface area contributed by atoms with Gasteiger partial charge < -0.3 is 5.73 Å². The molecular weight excluding hydrogens is 186 g/mol. The minimum atomic E-state index is -0.483. The summed E-state index contributed by atoms with van der Waals surface area (Å²) in [6.07, 6.45) is 0. The monoisotopic (exact) mass is 197 g/mol. The van der Waals surface area contributed by atoms with Gasteiger partial charge in [-0.25, -0.2) is 0 Å². The Morgan fingerprint density at radius 1 is 1.54 bits per heavy atom. The van der Waals surface area contributed by atoms with Gasteiger partial charge >= 0.3 is 0 Å². The van der Waals surface area contributed by atoms with E-state index in [-0.39, 0.29) is 5.78 Å². The van der Waals surface area contributed by atoms with E-state index >= 15 is 0 Å². The Bertz CT molecular complexity index is 334. The second kappa shape index (κ2) is 3.79. The predicted molar refractivity (Wildman–Crippen MR) is 55.2 cm³/mol. The van der Waals surface area contributed by atoms with Gasteiger partial charge in [0.2, 0.25) is 0 Å². The number of carbonyl (C=O) groups is 1. The van der Waals surface area contributed by atoms with Gasteiger partial charge in [0.25, 0.3) is 0 Å². The van der Waals surface area contributed by atoms with Crippen molar-refractivity contribution in [3.8, 4) is 0 Å². The number of benzene rings is 1. The third-order valence-electron chi connectivity index (χ3n) is 1.92. The van der Waals surface area contributed by atoms with Crippen molar-refractivity contribution in [1.82, 2.24) is 0 Å². The number of aryl methyl sites for hydroxylation is 1. The van der Waals surface area contributed by atoms with Crippen LogP contribution in [0.5, 0.6) is 0 Å². The van der Waals surface area contributed by atoms with E-state index in [0.29, 0.717) is 11.3 Å². The van der Waals surface area contributed by atoms with Crippen molar-refractivity contribution in [2.45, 2.75) is 19.2 Å². The van der Waals surface area contributed by atoms with E-state index in [4.69, 9.17) is 17.3 Å². The van der Waals surface area contributed by atoms with Crippen LogP contribution in [0.1, 0.15) is 22.8 Å². The molecule has 0 aliphatic carbocycles. The molecule has 0 saturated heterocycles. The third-order valence-corrected chi connectivity index (χ3v) is 2.11. The Morgan fingerprint density at radius 2 is 2.15 bits per heavy atom.